The smallest absolute Gasteiger partial charge is 0.292 e. The van der Waals surface area contributed by atoms with Gasteiger partial charge < -0.3 is 4.84 Å². The van der Waals surface area contributed by atoms with Crippen LogP contribution < -0.4 is 5.73 Å². The van der Waals surface area contributed by atoms with Crippen molar-refractivity contribution in [1.29, 1.82) is 0 Å². The zero-order chi connectivity index (χ0) is 20.1. The molecule has 1 radical (unpaired) electrons. The van der Waals surface area contributed by atoms with Crippen LogP contribution >= 0.6 is 0 Å². The van der Waals surface area contributed by atoms with Gasteiger partial charge in [-0.1, -0.05) is 45.0 Å². The highest BCUT2D eigenvalue weighted by Crippen LogP contribution is 2.45. The number of benzene rings is 1. The second-order valence-electron chi connectivity index (χ2n) is 8.45. The fraction of sp³-hybridized carbons (Fsp3) is 0.545. The maximum Gasteiger partial charge on any atom is 0.292 e. The molecule has 5 nitrogen and oxygen atoms in total. The third kappa shape index (κ3) is 5.08. The first kappa shape index (κ1) is 20.9. The van der Waals surface area contributed by atoms with Gasteiger partial charge in [0.25, 0.3) is 5.91 Å². The van der Waals surface area contributed by atoms with Gasteiger partial charge in [-0.3, -0.25) is 10.5 Å². The molecule has 1 amide bonds. The van der Waals surface area contributed by atoms with Crippen molar-refractivity contribution in [2.24, 2.45) is 5.16 Å². The molecule has 0 aromatic heterocycles. The highest BCUT2D eigenvalue weighted by molar-refractivity contribution is 6.44. The predicted molar refractivity (Wildman–Crippen MR) is 106 cm³/mol. The maximum atomic E-state index is 11.8. The number of hydrogen-bond donors (Lipinski definition) is 0. The molecular formula is C22H29N2O3. The molecule has 0 bridgehead atoms. The number of rotatable bonds is 8. The Balaban J connectivity index is 2.22. The molecule has 1 N–H and O–H groups in total. The van der Waals surface area contributed by atoms with Gasteiger partial charge in [0, 0.05) is 5.56 Å². The Hall–Kier alpha value is -2.39. The van der Waals surface area contributed by atoms with E-state index in [1.165, 1.54) is 17.2 Å². The van der Waals surface area contributed by atoms with Crippen molar-refractivity contribution in [2.75, 3.05) is 6.61 Å². The van der Waals surface area contributed by atoms with E-state index in [0.29, 0.717) is 25.0 Å². The van der Waals surface area contributed by atoms with Crippen LogP contribution in [0.2, 0.25) is 0 Å². The van der Waals surface area contributed by atoms with E-state index in [4.69, 9.17) is 10.6 Å². The summed E-state index contributed by atoms with van der Waals surface area (Å²) in [5.41, 5.74) is 10.8. The van der Waals surface area contributed by atoms with Crippen LogP contribution in [0.4, 0.5) is 0 Å². The summed E-state index contributed by atoms with van der Waals surface area (Å²) in [4.78, 5) is 27.2. The van der Waals surface area contributed by atoms with Crippen LogP contribution in [0, 0.1) is 0 Å². The van der Waals surface area contributed by atoms with Crippen LogP contribution in [-0.2, 0) is 25.3 Å². The molecule has 5 heteroatoms. The highest BCUT2D eigenvalue weighted by Gasteiger charge is 2.37. The maximum absolute atomic E-state index is 11.8. The van der Waals surface area contributed by atoms with E-state index in [1.54, 1.807) is 5.94 Å². The molecule has 0 atom stereocenters. The number of carbonyl (C=O) groups is 1. The van der Waals surface area contributed by atoms with Gasteiger partial charge in [-0.15, -0.1) is 0 Å². The van der Waals surface area contributed by atoms with Crippen LogP contribution in [0.5, 0.6) is 0 Å². The SMILES string of the molecule is CC1(C)CCC(C)(C)c2cc(C(=NOCCCCC=C=O)C([NH])=O)ccc21. The molecular weight excluding hydrogens is 340 g/mol. The van der Waals surface area contributed by atoms with Gasteiger partial charge in [0.2, 0.25) is 0 Å². The van der Waals surface area contributed by atoms with Crippen molar-refractivity contribution in [1.82, 2.24) is 5.73 Å². The summed E-state index contributed by atoms with van der Waals surface area (Å²) < 4.78 is 0. The van der Waals surface area contributed by atoms with Gasteiger partial charge >= 0.3 is 0 Å². The van der Waals surface area contributed by atoms with Crippen molar-refractivity contribution in [3.63, 3.8) is 0 Å². The fourth-order valence-corrected chi connectivity index (χ4v) is 3.54. The minimum atomic E-state index is -0.855. The quantitative estimate of drug-likeness (QED) is 0.299. The van der Waals surface area contributed by atoms with Crippen molar-refractivity contribution >= 4 is 17.6 Å². The lowest BCUT2D eigenvalue weighted by molar-refractivity contribution is -0.112. The summed E-state index contributed by atoms with van der Waals surface area (Å²) in [6, 6.07) is 5.93. The first-order valence-corrected chi connectivity index (χ1v) is 9.50. The van der Waals surface area contributed by atoms with Crippen molar-refractivity contribution in [3.8, 4) is 0 Å². The summed E-state index contributed by atoms with van der Waals surface area (Å²) >= 11 is 0. The Bertz CT molecular complexity index is 772. The van der Waals surface area contributed by atoms with E-state index in [2.05, 4.69) is 38.9 Å². The van der Waals surface area contributed by atoms with E-state index >= 15 is 0 Å². The summed E-state index contributed by atoms with van der Waals surface area (Å²) in [6.45, 7) is 9.26. The third-order valence-corrected chi connectivity index (χ3v) is 5.41. The first-order valence-electron chi connectivity index (χ1n) is 9.50. The number of fused-ring (bicyclic) bond motifs is 1. The largest absolute Gasteiger partial charge is 0.395 e. The Morgan fingerprint density at radius 3 is 2.48 bits per heavy atom. The Labute approximate surface area is 161 Å². The van der Waals surface area contributed by atoms with Gasteiger partial charge in [-0.25, -0.2) is 4.79 Å². The molecule has 1 aromatic carbocycles. The van der Waals surface area contributed by atoms with Gasteiger partial charge in [0.1, 0.15) is 12.5 Å². The van der Waals surface area contributed by atoms with Gasteiger partial charge in [-0.05, 0) is 66.2 Å². The predicted octanol–water partition coefficient (Wildman–Crippen LogP) is 4.12. The van der Waals surface area contributed by atoms with Crippen LogP contribution in [0.1, 0.15) is 76.5 Å². The molecule has 0 saturated heterocycles. The van der Waals surface area contributed by atoms with Crippen LogP contribution in [0.25, 0.3) is 0 Å². The van der Waals surface area contributed by atoms with Gasteiger partial charge in [-0.2, -0.15) is 0 Å². The monoisotopic (exact) mass is 369 g/mol. The Kier molecular flexibility index (Phi) is 6.61. The number of unbranched alkanes of at least 4 members (excludes halogenated alkanes) is 2. The highest BCUT2D eigenvalue weighted by atomic mass is 16.6. The van der Waals surface area contributed by atoms with E-state index in [1.807, 2.05) is 12.1 Å². The average Bonchev–Trinajstić information content (AvgIpc) is 2.61. The fourth-order valence-electron chi connectivity index (χ4n) is 3.54. The second kappa shape index (κ2) is 8.53. The van der Waals surface area contributed by atoms with E-state index < -0.39 is 5.91 Å². The number of oxime groups is 1. The van der Waals surface area contributed by atoms with Gasteiger partial charge in [0.15, 0.2) is 5.71 Å². The first-order chi connectivity index (χ1) is 12.7. The van der Waals surface area contributed by atoms with Crippen LogP contribution in [-0.4, -0.2) is 24.2 Å². The van der Waals surface area contributed by atoms with Crippen molar-refractivity contribution < 1.29 is 14.4 Å². The zero-order valence-electron chi connectivity index (χ0n) is 16.7. The van der Waals surface area contributed by atoms with E-state index in [-0.39, 0.29) is 16.5 Å². The molecule has 2 rings (SSSR count). The van der Waals surface area contributed by atoms with E-state index in [0.717, 1.165) is 19.3 Å². The normalized spacial score (nSPS) is 17.6. The molecule has 0 spiro atoms. The molecule has 1 aliphatic rings. The zero-order valence-corrected chi connectivity index (χ0v) is 16.7. The van der Waals surface area contributed by atoms with E-state index in [9.17, 15) is 9.59 Å². The lowest BCUT2D eigenvalue weighted by atomic mass is 9.63. The molecule has 145 valence electrons. The molecule has 0 heterocycles. The molecule has 27 heavy (non-hydrogen) atoms. The average molecular weight is 369 g/mol. The molecule has 0 aliphatic heterocycles. The third-order valence-electron chi connectivity index (χ3n) is 5.41. The summed E-state index contributed by atoms with van der Waals surface area (Å²) in [5.74, 6) is 0.883. The number of amides is 1. The number of nitrogens with one attached hydrogen (secondary N) is 1. The molecule has 1 aliphatic carbocycles. The second-order valence-corrected chi connectivity index (χ2v) is 8.45. The Morgan fingerprint density at radius 2 is 1.85 bits per heavy atom. The lowest BCUT2D eigenvalue weighted by Gasteiger charge is -2.42. The molecule has 0 fully saturated rings. The standard InChI is InChI=1S/C22H29N2O3/c1-21(2)11-12-22(3,4)18-15-16(9-10-17(18)21)19(20(23)26)24-27-14-8-6-5-7-13-25/h7,9-10,15,23H,5-6,8,11-12,14H2,1-4H3. The number of allylic oxidation sites excluding steroid dienone is 1. The van der Waals surface area contributed by atoms with Crippen molar-refractivity contribution in [2.45, 2.75) is 70.6 Å². The molecule has 0 saturated carbocycles. The summed E-state index contributed by atoms with van der Waals surface area (Å²) in [7, 11) is 0. The topological polar surface area (TPSA) is 79.5 Å². The number of carbonyl (C=O) groups excluding carboxylic acids is 2. The lowest BCUT2D eigenvalue weighted by Crippen LogP contribution is -2.34. The molecule has 0 unspecified atom stereocenters. The van der Waals surface area contributed by atoms with Crippen LogP contribution in [0.15, 0.2) is 29.4 Å². The van der Waals surface area contributed by atoms with Crippen LogP contribution in [0.3, 0.4) is 0 Å². The minimum absolute atomic E-state index is 0.0179. The number of nitrogens with zero attached hydrogens (tertiary/aromatic N) is 1. The summed E-state index contributed by atoms with van der Waals surface area (Å²) in [6.07, 6.45) is 5.79. The number of hydrogen-bond acceptors (Lipinski definition) is 4. The summed E-state index contributed by atoms with van der Waals surface area (Å²) in [5, 5.41) is 3.94. The van der Waals surface area contributed by atoms with Crippen molar-refractivity contribution in [3.05, 3.63) is 41.0 Å². The minimum Gasteiger partial charge on any atom is -0.395 e. The Morgan fingerprint density at radius 1 is 1.19 bits per heavy atom. The molecule has 1 aromatic rings. The van der Waals surface area contributed by atoms with Gasteiger partial charge in [0.05, 0.1) is 0 Å².